The molecule has 9 aromatic rings. The SMILES string of the molecule is CCC1(CC)c2cc(-c3ccc4c(c3)c3ccccc3n4-c3ccccn3)ccc2-c2ccc(C(c3ccccc3)(c3ccccc3)c3ccccc3)cc21. The van der Waals surface area contributed by atoms with Crippen molar-refractivity contribution in [3.63, 3.8) is 0 Å². The first-order valence-corrected chi connectivity index (χ1v) is 19.6. The fourth-order valence-corrected chi connectivity index (χ4v) is 9.87. The van der Waals surface area contributed by atoms with Crippen LogP contribution in [-0.2, 0) is 10.8 Å². The number of hydrogen-bond acceptors (Lipinski definition) is 1. The maximum absolute atomic E-state index is 4.73. The zero-order chi connectivity index (χ0) is 37.0. The van der Waals surface area contributed by atoms with Crippen molar-refractivity contribution in [2.45, 2.75) is 37.5 Å². The lowest BCUT2D eigenvalue weighted by atomic mass is 9.64. The van der Waals surface area contributed by atoms with Gasteiger partial charge in [0.15, 0.2) is 0 Å². The van der Waals surface area contributed by atoms with Crippen LogP contribution in [0.5, 0.6) is 0 Å². The van der Waals surface area contributed by atoms with E-state index in [9.17, 15) is 0 Å². The lowest BCUT2D eigenvalue weighted by molar-refractivity contribution is 0.489. The number of rotatable bonds is 8. The molecule has 0 radical (unpaired) electrons. The Labute approximate surface area is 323 Å². The Morgan fingerprint density at radius 2 is 0.982 bits per heavy atom. The van der Waals surface area contributed by atoms with E-state index in [4.69, 9.17) is 4.98 Å². The summed E-state index contributed by atoms with van der Waals surface area (Å²) in [5, 5.41) is 2.48. The van der Waals surface area contributed by atoms with E-state index in [-0.39, 0.29) is 5.41 Å². The summed E-state index contributed by atoms with van der Waals surface area (Å²) in [6, 6.07) is 69.6. The van der Waals surface area contributed by atoms with Gasteiger partial charge in [-0.2, -0.15) is 0 Å². The number of pyridine rings is 1. The monoisotopic (exact) mass is 706 g/mol. The Balaban J connectivity index is 1.15. The summed E-state index contributed by atoms with van der Waals surface area (Å²) < 4.78 is 2.28. The molecule has 1 aliphatic carbocycles. The Hall–Kier alpha value is -6.51. The van der Waals surface area contributed by atoms with Gasteiger partial charge in [-0.05, 0) is 105 Å². The summed E-state index contributed by atoms with van der Waals surface area (Å²) in [4.78, 5) is 4.73. The maximum atomic E-state index is 4.73. The highest BCUT2D eigenvalue weighted by Gasteiger charge is 2.44. The smallest absolute Gasteiger partial charge is 0.137 e. The molecule has 0 fully saturated rings. The first-order chi connectivity index (χ1) is 27.2. The van der Waals surface area contributed by atoms with Crippen LogP contribution in [0, 0.1) is 0 Å². The molecule has 10 rings (SSSR count). The van der Waals surface area contributed by atoms with E-state index >= 15 is 0 Å². The summed E-state index contributed by atoms with van der Waals surface area (Å²) in [5.74, 6) is 0.933. The second-order valence-electron chi connectivity index (χ2n) is 14.9. The zero-order valence-electron chi connectivity index (χ0n) is 31.3. The highest BCUT2D eigenvalue weighted by molar-refractivity contribution is 6.10. The Kier molecular flexibility index (Phi) is 7.89. The fourth-order valence-electron chi connectivity index (χ4n) is 9.87. The Bertz CT molecular complexity index is 2720. The molecular weight excluding hydrogens is 665 g/mol. The molecule has 0 atom stereocenters. The molecule has 2 heteroatoms. The van der Waals surface area contributed by atoms with Gasteiger partial charge >= 0.3 is 0 Å². The average Bonchev–Trinajstić information content (AvgIpc) is 3.74. The molecule has 1 aliphatic rings. The van der Waals surface area contributed by atoms with Gasteiger partial charge in [-0.15, -0.1) is 0 Å². The van der Waals surface area contributed by atoms with E-state index in [0.29, 0.717) is 0 Å². The predicted molar refractivity (Wildman–Crippen MR) is 229 cm³/mol. The Morgan fingerprint density at radius 1 is 0.455 bits per heavy atom. The lowest BCUT2D eigenvalue weighted by Gasteiger charge is -2.38. The first-order valence-electron chi connectivity index (χ1n) is 19.6. The molecule has 0 saturated heterocycles. The van der Waals surface area contributed by atoms with Crippen LogP contribution in [-0.4, -0.2) is 9.55 Å². The van der Waals surface area contributed by atoms with Crippen molar-refractivity contribution in [2.24, 2.45) is 0 Å². The van der Waals surface area contributed by atoms with E-state index in [1.54, 1.807) is 0 Å². The van der Waals surface area contributed by atoms with Crippen LogP contribution in [0.2, 0.25) is 0 Å². The second kappa shape index (κ2) is 13.1. The van der Waals surface area contributed by atoms with E-state index in [1.165, 1.54) is 77.4 Å². The molecule has 7 aromatic carbocycles. The average molecular weight is 707 g/mol. The summed E-state index contributed by atoms with van der Waals surface area (Å²) in [6.45, 7) is 4.75. The number of para-hydroxylation sites is 1. The normalized spacial score (nSPS) is 13.2. The Morgan fingerprint density at radius 3 is 1.60 bits per heavy atom. The molecule has 0 amide bonds. The number of fused-ring (bicyclic) bond motifs is 6. The van der Waals surface area contributed by atoms with Gasteiger partial charge in [0.1, 0.15) is 5.82 Å². The van der Waals surface area contributed by atoms with E-state index < -0.39 is 5.41 Å². The summed E-state index contributed by atoms with van der Waals surface area (Å²) in [5.41, 5.74) is 14.9. The van der Waals surface area contributed by atoms with Crippen molar-refractivity contribution in [3.05, 3.63) is 228 Å². The van der Waals surface area contributed by atoms with Crippen molar-refractivity contribution < 1.29 is 0 Å². The largest absolute Gasteiger partial charge is 0.294 e. The number of benzene rings is 7. The highest BCUT2D eigenvalue weighted by Crippen LogP contribution is 2.56. The predicted octanol–water partition coefficient (Wildman–Crippen LogP) is 13.3. The van der Waals surface area contributed by atoms with Gasteiger partial charge in [-0.1, -0.05) is 166 Å². The minimum absolute atomic E-state index is 0.119. The molecule has 0 saturated carbocycles. The van der Waals surface area contributed by atoms with Crippen LogP contribution in [0.3, 0.4) is 0 Å². The van der Waals surface area contributed by atoms with E-state index in [2.05, 4.69) is 200 Å². The van der Waals surface area contributed by atoms with Crippen molar-refractivity contribution in [3.8, 4) is 28.1 Å². The summed E-state index contributed by atoms with van der Waals surface area (Å²) in [7, 11) is 0. The number of aromatic nitrogens is 2. The van der Waals surface area contributed by atoms with Gasteiger partial charge in [0.25, 0.3) is 0 Å². The van der Waals surface area contributed by atoms with Crippen molar-refractivity contribution in [1.82, 2.24) is 9.55 Å². The van der Waals surface area contributed by atoms with Gasteiger partial charge in [0, 0.05) is 22.4 Å². The molecule has 2 aromatic heterocycles. The minimum Gasteiger partial charge on any atom is -0.294 e. The van der Waals surface area contributed by atoms with Crippen molar-refractivity contribution in [2.75, 3.05) is 0 Å². The van der Waals surface area contributed by atoms with Crippen LogP contribution in [0.1, 0.15) is 60.1 Å². The highest BCUT2D eigenvalue weighted by atomic mass is 15.1. The molecular formula is C53H42N2. The van der Waals surface area contributed by atoms with Crippen LogP contribution < -0.4 is 0 Å². The molecule has 0 spiro atoms. The third-order valence-electron chi connectivity index (χ3n) is 12.5. The first kappa shape index (κ1) is 33.1. The van der Waals surface area contributed by atoms with Gasteiger partial charge in [0.05, 0.1) is 16.4 Å². The summed E-state index contributed by atoms with van der Waals surface area (Å²) >= 11 is 0. The third kappa shape index (κ3) is 4.91. The number of nitrogens with zero attached hydrogens (tertiary/aromatic N) is 2. The molecule has 0 aliphatic heterocycles. The van der Waals surface area contributed by atoms with Crippen LogP contribution in [0.4, 0.5) is 0 Å². The van der Waals surface area contributed by atoms with E-state index in [0.717, 1.165) is 18.7 Å². The molecule has 55 heavy (non-hydrogen) atoms. The number of hydrogen-bond donors (Lipinski definition) is 0. The van der Waals surface area contributed by atoms with Crippen LogP contribution in [0.15, 0.2) is 194 Å². The molecule has 0 unspecified atom stereocenters. The topological polar surface area (TPSA) is 17.8 Å². The van der Waals surface area contributed by atoms with Crippen LogP contribution in [0.25, 0.3) is 49.9 Å². The van der Waals surface area contributed by atoms with Gasteiger partial charge in [-0.3, -0.25) is 4.57 Å². The van der Waals surface area contributed by atoms with Gasteiger partial charge in [-0.25, -0.2) is 4.98 Å². The molecule has 264 valence electrons. The second-order valence-corrected chi connectivity index (χ2v) is 14.9. The molecule has 0 bridgehead atoms. The van der Waals surface area contributed by atoms with Gasteiger partial charge in [0.2, 0.25) is 0 Å². The standard InChI is InChI=1S/C53H42N2/c1-3-52(4-2)47-35-38(37-28-32-50-46(34-37)45-24-14-15-25-49(45)55(50)51-26-16-17-33-54-51)27-30-43(47)44-31-29-42(36-48(44)52)53(39-18-8-5-9-19-39,40-20-10-6-11-21-40)41-22-12-7-13-23-41/h5-36H,3-4H2,1-2H3. The fraction of sp³-hybridized carbons (Fsp3) is 0.113. The molecule has 0 N–H and O–H groups in total. The van der Waals surface area contributed by atoms with E-state index in [1.807, 2.05) is 12.3 Å². The van der Waals surface area contributed by atoms with Crippen molar-refractivity contribution in [1.29, 1.82) is 0 Å². The lowest BCUT2D eigenvalue weighted by Crippen LogP contribution is -2.32. The quantitative estimate of drug-likeness (QED) is 0.144. The third-order valence-corrected chi connectivity index (χ3v) is 12.5. The maximum Gasteiger partial charge on any atom is 0.137 e. The van der Waals surface area contributed by atoms with Gasteiger partial charge < -0.3 is 0 Å². The zero-order valence-corrected chi connectivity index (χ0v) is 31.3. The van der Waals surface area contributed by atoms with Crippen LogP contribution >= 0.6 is 0 Å². The minimum atomic E-state index is -0.490. The molecule has 2 heterocycles. The molecule has 2 nitrogen and oxygen atoms in total. The van der Waals surface area contributed by atoms with Crippen molar-refractivity contribution >= 4 is 21.8 Å². The summed E-state index contributed by atoms with van der Waals surface area (Å²) in [6.07, 6.45) is 3.90.